The van der Waals surface area contributed by atoms with Crippen LogP contribution in [0.2, 0.25) is 0 Å². The molecule has 0 bridgehead atoms. The van der Waals surface area contributed by atoms with Crippen molar-refractivity contribution in [3.8, 4) is 11.5 Å². The first-order chi connectivity index (χ1) is 11.0. The van der Waals surface area contributed by atoms with Crippen LogP contribution in [0, 0.1) is 18.8 Å². The van der Waals surface area contributed by atoms with Gasteiger partial charge in [0.25, 0.3) is 0 Å². The van der Waals surface area contributed by atoms with Gasteiger partial charge in [-0.15, -0.1) is 0 Å². The lowest BCUT2D eigenvalue weighted by Gasteiger charge is -2.27. The summed E-state index contributed by atoms with van der Waals surface area (Å²) in [7, 11) is 5.61. The minimum absolute atomic E-state index is 0.724. The van der Waals surface area contributed by atoms with E-state index in [0.29, 0.717) is 0 Å². The molecule has 1 rings (SSSR count). The summed E-state index contributed by atoms with van der Waals surface area (Å²) < 4.78 is 10.8. The van der Waals surface area contributed by atoms with Gasteiger partial charge in [-0.2, -0.15) is 0 Å². The van der Waals surface area contributed by atoms with Crippen LogP contribution in [0.3, 0.4) is 0 Å². The van der Waals surface area contributed by atoms with Crippen LogP contribution in [-0.4, -0.2) is 39.3 Å². The van der Waals surface area contributed by atoms with Crippen LogP contribution in [0.15, 0.2) is 12.1 Å². The average molecular weight is 322 g/mol. The van der Waals surface area contributed by atoms with E-state index in [2.05, 4.69) is 51.8 Å². The van der Waals surface area contributed by atoms with Gasteiger partial charge in [-0.3, -0.25) is 0 Å². The van der Waals surface area contributed by atoms with Crippen molar-refractivity contribution < 1.29 is 9.47 Å². The van der Waals surface area contributed by atoms with Gasteiger partial charge in [-0.1, -0.05) is 27.2 Å². The summed E-state index contributed by atoms with van der Waals surface area (Å²) in [6.07, 6.45) is 3.56. The lowest BCUT2D eigenvalue weighted by atomic mass is 9.86. The molecule has 0 N–H and O–H groups in total. The lowest BCUT2D eigenvalue weighted by Crippen LogP contribution is -2.29. The maximum atomic E-state index is 5.44. The second-order valence-corrected chi connectivity index (χ2v) is 6.67. The topological polar surface area (TPSA) is 21.7 Å². The largest absolute Gasteiger partial charge is 0.493 e. The van der Waals surface area contributed by atoms with Crippen LogP contribution in [0.4, 0.5) is 0 Å². The van der Waals surface area contributed by atoms with Gasteiger partial charge in [-0.25, -0.2) is 0 Å². The predicted molar refractivity (Wildman–Crippen MR) is 98.7 cm³/mol. The van der Waals surface area contributed by atoms with E-state index < -0.39 is 0 Å². The fourth-order valence-electron chi connectivity index (χ4n) is 3.15. The van der Waals surface area contributed by atoms with E-state index in [-0.39, 0.29) is 0 Å². The molecule has 0 amide bonds. The van der Waals surface area contributed by atoms with E-state index in [1.807, 2.05) is 0 Å². The molecule has 2 atom stereocenters. The van der Waals surface area contributed by atoms with Crippen molar-refractivity contribution in [3.63, 3.8) is 0 Å². The van der Waals surface area contributed by atoms with Crippen molar-refractivity contribution in [2.24, 2.45) is 11.8 Å². The molecule has 0 aliphatic rings. The van der Waals surface area contributed by atoms with Crippen LogP contribution >= 0.6 is 0 Å². The minimum Gasteiger partial charge on any atom is -0.493 e. The monoisotopic (exact) mass is 321 g/mol. The van der Waals surface area contributed by atoms with Crippen LogP contribution in [0.25, 0.3) is 0 Å². The van der Waals surface area contributed by atoms with Crippen LogP contribution < -0.4 is 9.47 Å². The molecule has 0 saturated heterocycles. The first-order valence-corrected chi connectivity index (χ1v) is 8.86. The van der Waals surface area contributed by atoms with Crippen LogP contribution in [-0.2, 0) is 6.42 Å². The molecule has 132 valence electrons. The first kappa shape index (κ1) is 19.8. The van der Waals surface area contributed by atoms with Crippen molar-refractivity contribution >= 4 is 0 Å². The number of hydrogen-bond donors (Lipinski definition) is 0. The molecule has 0 aliphatic carbocycles. The van der Waals surface area contributed by atoms with Crippen molar-refractivity contribution in [1.29, 1.82) is 0 Å². The van der Waals surface area contributed by atoms with Gasteiger partial charge in [0.15, 0.2) is 11.5 Å². The molecule has 23 heavy (non-hydrogen) atoms. The Morgan fingerprint density at radius 1 is 1.09 bits per heavy atom. The Morgan fingerprint density at radius 3 is 2.22 bits per heavy atom. The summed E-state index contributed by atoms with van der Waals surface area (Å²) in [5, 5.41) is 0. The molecule has 0 radical (unpaired) electrons. The van der Waals surface area contributed by atoms with E-state index >= 15 is 0 Å². The van der Waals surface area contributed by atoms with Gasteiger partial charge in [0.05, 0.1) is 14.2 Å². The molecule has 2 unspecified atom stereocenters. The van der Waals surface area contributed by atoms with Gasteiger partial charge in [0.2, 0.25) is 0 Å². The molecule has 0 aromatic heterocycles. The highest BCUT2D eigenvalue weighted by atomic mass is 16.5. The Morgan fingerprint density at radius 2 is 1.70 bits per heavy atom. The molecule has 3 heteroatoms. The van der Waals surface area contributed by atoms with Crippen molar-refractivity contribution in [1.82, 2.24) is 4.90 Å². The minimum atomic E-state index is 0.724. The number of rotatable bonds is 10. The Hall–Kier alpha value is -1.22. The second-order valence-electron chi connectivity index (χ2n) is 6.67. The maximum absolute atomic E-state index is 5.44. The molecular weight excluding hydrogens is 286 g/mol. The van der Waals surface area contributed by atoms with Gasteiger partial charge in [0.1, 0.15) is 0 Å². The van der Waals surface area contributed by atoms with E-state index in [1.54, 1.807) is 14.2 Å². The fourth-order valence-corrected chi connectivity index (χ4v) is 3.15. The molecule has 0 heterocycles. The number of aryl methyl sites for hydroxylation is 2. The summed E-state index contributed by atoms with van der Waals surface area (Å²) in [6, 6.07) is 4.22. The molecule has 1 aromatic carbocycles. The third kappa shape index (κ3) is 5.72. The fraction of sp³-hybridized carbons (Fsp3) is 0.700. The number of hydrogen-bond acceptors (Lipinski definition) is 3. The third-order valence-electron chi connectivity index (χ3n) is 5.13. The average Bonchev–Trinajstić information content (AvgIpc) is 2.57. The lowest BCUT2D eigenvalue weighted by molar-refractivity contribution is 0.222. The van der Waals surface area contributed by atoms with Crippen molar-refractivity contribution in [2.45, 2.75) is 47.0 Å². The molecule has 3 nitrogen and oxygen atoms in total. The highest BCUT2D eigenvalue weighted by Crippen LogP contribution is 2.32. The Bertz CT molecular complexity index is 473. The first-order valence-electron chi connectivity index (χ1n) is 8.86. The smallest absolute Gasteiger partial charge is 0.161 e. The van der Waals surface area contributed by atoms with Crippen LogP contribution in [0.5, 0.6) is 11.5 Å². The predicted octanol–water partition coefficient (Wildman–Crippen LogP) is 4.56. The summed E-state index contributed by atoms with van der Waals surface area (Å²) in [6.45, 7) is 11.4. The summed E-state index contributed by atoms with van der Waals surface area (Å²) in [5.74, 6) is 3.14. The van der Waals surface area contributed by atoms with E-state index in [1.165, 1.54) is 30.5 Å². The SMILES string of the molecule is CCC(CN(C)CC)C(C)CCc1cc(OC)c(OC)cc1C. The number of benzene rings is 1. The second kappa shape index (κ2) is 9.82. The third-order valence-corrected chi connectivity index (χ3v) is 5.13. The number of methoxy groups -OCH3 is 2. The standard InChI is InChI=1S/C20H35NO2/c1-8-17(14-21(5)9-2)15(3)10-11-18-13-20(23-7)19(22-6)12-16(18)4/h12-13,15,17H,8-11,14H2,1-7H3. The summed E-state index contributed by atoms with van der Waals surface area (Å²) in [5.41, 5.74) is 2.65. The molecule has 0 aliphatic heterocycles. The molecule has 0 spiro atoms. The molecule has 1 aromatic rings. The zero-order chi connectivity index (χ0) is 17.4. The van der Waals surface area contributed by atoms with E-state index in [0.717, 1.165) is 36.3 Å². The Kier molecular flexibility index (Phi) is 8.46. The Labute approximate surface area is 143 Å². The summed E-state index contributed by atoms with van der Waals surface area (Å²) in [4.78, 5) is 2.42. The van der Waals surface area contributed by atoms with E-state index in [9.17, 15) is 0 Å². The Balaban J connectivity index is 2.72. The zero-order valence-corrected chi connectivity index (χ0v) is 16.1. The van der Waals surface area contributed by atoms with Gasteiger partial charge >= 0.3 is 0 Å². The van der Waals surface area contributed by atoms with Gasteiger partial charge < -0.3 is 14.4 Å². The quantitative estimate of drug-likeness (QED) is 0.630. The highest BCUT2D eigenvalue weighted by molar-refractivity contribution is 5.47. The molecular formula is C20H35NO2. The molecule has 0 fully saturated rings. The highest BCUT2D eigenvalue weighted by Gasteiger charge is 2.18. The van der Waals surface area contributed by atoms with Crippen molar-refractivity contribution in [3.05, 3.63) is 23.3 Å². The normalized spacial score (nSPS) is 13.9. The maximum Gasteiger partial charge on any atom is 0.161 e. The molecule has 0 saturated carbocycles. The van der Waals surface area contributed by atoms with Gasteiger partial charge in [-0.05, 0) is 68.5 Å². The van der Waals surface area contributed by atoms with E-state index in [4.69, 9.17) is 9.47 Å². The number of nitrogens with zero attached hydrogens (tertiary/aromatic N) is 1. The van der Waals surface area contributed by atoms with Gasteiger partial charge in [0, 0.05) is 6.54 Å². The van der Waals surface area contributed by atoms with Crippen molar-refractivity contribution in [2.75, 3.05) is 34.4 Å². The summed E-state index contributed by atoms with van der Waals surface area (Å²) >= 11 is 0. The number of ether oxygens (including phenoxy) is 2. The van der Waals surface area contributed by atoms with Crippen LogP contribution in [0.1, 0.15) is 44.7 Å². The zero-order valence-electron chi connectivity index (χ0n) is 16.1.